The van der Waals surface area contributed by atoms with Gasteiger partial charge < -0.3 is 0 Å². The molecule has 0 nitrogen and oxygen atoms in total. The molecule has 0 aromatic carbocycles. The molecule has 0 aromatic rings. The molecular formula is C7H10Sn. The molecule has 42 valence electrons. The monoisotopic (exact) mass is 214 g/mol. The normalized spacial score (nSPS) is 40.0. The van der Waals surface area contributed by atoms with Gasteiger partial charge in [0.15, 0.2) is 0 Å². The van der Waals surface area contributed by atoms with Gasteiger partial charge in [-0.1, -0.05) is 12.2 Å². The van der Waals surface area contributed by atoms with Gasteiger partial charge in [0.2, 0.25) is 0 Å². The molecule has 1 saturated carbocycles. The van der Waals surface area contributed by atoms with Gasteiger partial charge >= 0.3 is 0 Å². The molecule has 1 fully saturated rings. The van der Waals surface area contributed by atoms with Gasteiger partial charge in [-0.3, -0.25) is 0 Å². The second-order valence-corrected chi connectivity index (χ2v) is 2.72. The van der Waals surface area contributed by atoms with Crippen LogP contribution in [0, 0.1) is 11.8 Å². The van der Waals surface area contributed by atoms with E-state index in [1.165, 1.54) is 19.3 Å². The molecule has 2 aliphatic rings. The maximum absolute atomic E-state index is 2.38. The van der Waals surface area contributed by atoms with Gasteiger partial charge in [-0.05, 0) is 31.1 Å². The van der Waals surface area contributed by atoms with Crippen LogP contribution in [-0.2, 0) is 0 Å². The van der Waals surface area contributed by atoms with Crippen molar-refractivity contribution in [3.63, 3.8) is 0 Å². The van der Waals surface area contributed by atoms with Crippen LogP contribution in [0.4, 0.5) is 0 Å². The Morgan fingerprint density at radius 1 is 1.00 bits per heavy atom. The second kappa shape index (κ2) is 2.42. The zero-order chi connectivity index (χ0) is 4.69. The van der Waals surface area contributed by atoms with Gasteiger partial charge in [-0.2, -0.15) is 0 Å². The molecule has 2 rings (SSSR count). The predicted molar refractivity (Wildman–Crippen MR) is 35.7 cm³/mol. The molecule has 0 aromatic heterocycles. The van der Waals surface area contributed by atoms with Crippen molar-refractivity contribution in [2.24, 2.45) is 11.8 Å². The third-order valence-electron chi connectivity index (χ3n) is 2.17. The summed E-state index contributed by atoms with van der Waals surface area (Å²) >= 11 is 0. The van der Waals surface area contributed by atoms with Crippen molar-refractivity contribution in [2.75, 3.05) is 0 Å². The van der Waals surface area contributed by atoms with Crippen LogP contribution in [-0.4, -0.2) is 23.9 Å². The Kier molecular flexibility index (Phi) is 2.01. The fourth-order valence-corrected chi connectivity index (χ4v) is 1.72. The van der Waals surface area contributed by atoms with E-state index in [-0.39, 0.29) is 23.9 Å². The summed E-state index contributed by atoms with van der Waals surface area (Å²) in [6.07, 6.45) is 9.19. The Hall–Kier alpha value is 0.539. The topological polar surface area (TPSA) is 0 Å². The van der Waals surface area contributed by atoms with E-state index in [4.69, 9.17) is 0 Å². The van der Waals surface area contributed by atoms with Crippen molar-refractivity contribution in [3.05, 3.63) is 12.2 Å². The van der Waals surface area contributed by atoms with Crippen LogP contribution in [0.1, 0.15) is 19.3 Å². The molecule has 4 radical (unpaired) electrons. The minimum Gasteiger partial charge on any atom is -0.0851 e. The molecule has 2 bridgehead atoms. The molecule has 0 amide bonds. The predicted octanol–water partition coefficient (Wildman–Crippen LogP) is 1.59. The van der Waals surface area contributed by atoms with Crippen LogP contribution in [0.25, 0.3) is 0 Å². The van der Waals surface area contributed by atoms with Crippen molar-refractivity contribution < 1.29 is 0 Å². The summed E-state index contributed by atoms with van der Waals surface area (Å²) in [5.41, 5.74) is 0. The fraction of sp³-hybridized carbons (Fsp3) is 0.714. The minimum atomic E-state index is 0. The molecule has 0 aliphatic heterocycles. The van der Waals surface area contributed by atoms with Crippen LogP contribution in [0.15, 0.2) is 12.2 Å². The number of fused-ring (bicyclic) bond motifs is 2. The van der Waals surface area contributed by atoms with Crippen molar-refractivity contribution in [2.45, 2.75) is 19.3 Å². The van der Waals surface area contributed by atoms with Crippen molar-refractivity contribution in [1.29, 1.82) is 0 Å². The standard InChI is InChI=1S/C7H10.Sn/c1-2-7-4-3-6(1)5-7;/h1-2,6-7H,3-5H2;. The number of hydrogen-bond acceptors (Lipinski definition) is 0. The van der Waals surface area contributed by atoms with Crippen molar-refractivity contribution >= 4 is 23.9 Å². The van der Waals surface area contributed by atoms with Gasteiger partial charge in [0.25, 0.3) is 0 Å². The molecule has 2 unspecified atom stereocenters. The van der Waals surface area contributed by atoms with E-state index in [9.17, 15) is 0 Å². The molecule has 0 N–H and O–H groups in total. The first-order valence-corrected chi connectivity index (χ1v) is 3.13. The average Bonchev–Trinajstić information content (AvgIpc) is 2.22. The van der Waals surface area contributed by atoms with Crippen LogP contribution in [0.3, 0.4) is 0 Å². The SMILES string of the molecule is C1=CC2CCC1C2.[Sn]. The molecule has 0 spiro atoms. The molecule has 0 heterocycles. The van der Waals surface area contributed by atoms with Gasteiger partial charge in [0.05, 0.1) is 0 Å². The Bertz CT molecular complexity index is 95.0. The second-order valence-electron chi connectivity index (χ2n) is 2.72. The molecule has 1 heteroatoms. The van der Waals surface area contributed by atoms with E-state index < -0.39 is 0 Å². The summed E-state index contributed by atoms with van der Waals surface area (Å²) in [4.78, 5) is 0. The fourth-order valence-electron chi connectivity index (χ4n) is 1.72. The van der Waals surface area contributed by atoms with Gasteiger partial charge in [-0.15, -0.1) is 0 Å². The summed E-state index contributed by atoms with van der Waals surface area (Å²) in [6, 6.07) is 0. The molecular weight excluding hydrogens is 203 g/mol. The summed E-state index contributed by atoms with van der Waals surface area (Å²) in [5, 5.41) is 0. The van der Waals surface area contributed by atoms with E-state index in [0.29, 0.717) is 0 Å². The first-order valence-electron chi connectivity index (χ1n) is 3.13. The van der Waals surface area contributed by atoms with Gasteiger partial charge in [0.1, 0.15) is 0 Å². The summed E-state index contributed by atoms with van der Waals surface area (Å²) in [7, 11) is 0. The minimum absolute atomic E-state index is 0. The first kappa shape index (κ1) is 6.66. The van der Waals surface area contributed by atoms with Gasteiger partial charge in [-0.25, -0.2) is 0 Å². The molecule has 8 heavy (non-hydrogen) atoms. The Morgan fingerprint density at radius 3 is 1.62 bits per heavy atom. The average molecular weight is 213 g/mol. The van der Waals surface area contributed by atoms with E-state index in [0.717, 1.165) is 11.8 Å². The summed E-state index contributed by atoms with van der Waals surface area (Å²) in [5.74, 6) is 1.98. The quantitative estimate of drug-likeness (QED) is 0.423. The molecule has 2 aliphatic carbocycles. The zero-order valence-electron chi connectivity index (χ0n) is 4.93. The smallest absolute Gasteiger partial charge is 0 e. The van der Waals surface area contributed by atoms with Crippen molar-refractivity contribution in [1.82, 2.24) is 0 Å². The largest absolute Gasteiger partial charge is 0.0851 e. The maximum Gasteiger partial charge on any atom is 0 e. The number of allylic oxidation sites excluding steroid dienone is 2. The van der Waals surface area contributed by atoms with Gasteiger partial charge in [0, 0.05) is 23.9 Å². The summed E-state index contributed by atoms with van der Waals surface area (Å²) in [6.45, 7) is 0. The molecule has 2 atom stereocenters. The van der Waals surface area contributed by atoms with Crippen LogP contribution in [0.5, 0.6) is 0 Å². The number of rotatable bonds is 0. The number of hydrogen-bond donors (Lipinski definition) is 0. The van der Waals surface area contributed by atoms with E-state index in [1.54, 1.807) is 0 Å². The summed E-state index contributed by atoms with van der Waals surface area (Å²) < 4.78 is 0. The van der Waals surface area contributed by atoms with Crippen molar-refractivity contribution in [3.8, 4) is 0 Å². The van der Waals surface area contributed by atoms with E-state index in [1.807, 2.05) is 0 Å². The first-order chi connectivity index (χ1) is 3.45. The third kappa shape index (κ3) is 0.949. The maximum atomic E-state index is 2.38. The van der Waals surface area contributed by atoms with Crippen LogP contribution < -0.4 is 0 Å². The van der Waals surface area contributed by atoms with Crippen LogP contribution in [0.2, 0.25) is 0 Å². The molecule has 0 saturated heterocycles. The zero-order valence-corrected chi connectivity index (χ0v) is 7.78. The van der Waals surface area contributed by atoms with E-state index in [2.05, 4.69) is 12.2 Å². The Balaban J connectivity index is 0.000000320. The van der Waals surface area contributed by atoms with E-state index >= 15 is 0 Å². The Labute approximate surface area is 67.3 Å². The van der Waals surface area contributed by atoms with Crippen LogP contribution >= 0.6 is 0 Å². The third-order valence-corrected chi connectivity index (χ3v) is 2.17. The Morgan fingerprint density at radius 2 is 1.50 bits per heavy atom.